The number of benzene rings is 2. The molecular weight excluding hydrogens is 436 g/mol. The van der Waals surface area contributed by atoms with Crippen LogP contribution in [0.4, 0.5) is 5.13 Å². The van der Waals surface area contributed by atoms with E-state index in [4.69, 9.17) is 9.47 Å². The van der Waals surface area contributed by atoms with E-state index in [0.29, 0.717) is 27.9 Å². The molecule has 1 saturated carbocycles. The van der Waals surface area contributed by atoms with Gasteiger partial charge in [0, 0.05) is 29.5 Å². The summed E-state index contributed by atoms with van der Waals surface area (Å²) < 4.78 is 35.3. The van der Waals surface area contributed by atoms with E-state index in [2.05, 4.69) is 10.3 Å². The third kappa shape index (κ3) is 5.62. The molecule has 9 heteroatoms. The van der Waals surface area contributed by atoms with Gasteiger partial charge in [-0.1, -0.05) is 0 Å². The van der Waals surface area contributed by atoms with Crippen LogP contribution >= 0.6 is 11.3 Å². The SMILES string of the molecule is CS(=O)(=O)c1ccc(Oc2cc(OC3CCCC3)cc(C(=O)Nc3nccs3)c2)cc1. The van der Waals surface area contributed by atoms with E-state index < -0.39 is 9.84 Å². The van der Waals surface area contributed by atoms with Gasteiger partial charge in [0.25, 0.3) is 5.91 Å². The van der Waals surface area contributed by atoms with Crippen LogP contribution in [0.1, 0.15) is 36.0 Å². The first-order chi connectivity index (χ1) is 14.9. The number of ether oxygens (including phenoxy) is 2. The lowest BCUT2D eigenvalue weighted by Crippen LogP contribution is -2.14. The summed E-state index contributed by atoms with van der Waals surface area (Å²) in [6.07, 6.45) is 7.13. The second-order valence-electron chi connectivity index (χ2n) is 7.35. The Labute approximate surface area is 185 Å². The fraction of sp³-hybridized carbons (Fsp3) is 0.273. The zero-order chi connectivity index (χ0) is 21.8. The van der Waals surface area contributed by atoms with Gasteiger partial charge in [0.05, 0.1) is 11.0 Å². The number of carbonyl (C=O) groups is 1. The number of amides is 1. The lowest BCUT2D eigenvalue weighted by atomic mass is 10.2. The first kappa shape index (κ1) is 21.3. The number of carbonyl (C=O) groups excluding carboxylic acids is 1. The summed E-state index contributed by atoms with van der Waals surface area (Å²) in [6.45, 7) is 0. The van der Waals surface area contributed by atoms with Crippen LogP contribution in [0.3, 0.4) is 0 Å². The molecule has 1 heterocycles. The summed E-state index contributed by atoms with van der Waals surface area (Å²) in [7, 11) is -3.29. The van der Waals surface area contributed by atoms with E-state index in [1.165, 1.54) is 23.5 Å². The fourth-order valence-electron chi connectivity index (χ4n) is 3.37. The van der Waals surface area contributed by atoms with Gasteiger partial charge >= 0.3 is 0 Å². The van der Waals surface area contributed by atoms with Crippen molar-refractivity contribution in [2.75, 3.05) is 11.6 Å². The number of nitrogens with zero attached hydrogens (tertiary/aromatic N) is 1. The summed E-state index contributed by atoms with van der Waals surface area (Å²) in [6, 6.07) is 11.2. The molecule has 1 aromatic heterocycles. The molecule has 0 unspecified atom stereocenters. The molecule has 0 bridgehead atoms. The van der Waals surface area contributed by atoms with E-state index in [9.17, 15) is 13.2 Å². The Balaban J connectivity index is 1.59. The van der Waals surface area contributed by atoms with Crippen LogP contribution in [-0.2, 0) is 9.84 Å². The monoisotopic (exact) mass is 458 g/mol. The van der Waals surface area contributed by atoms with Gasteiger partial charge in [-0.15, -0.1) is 11.3 Å². The fourth-order valence-corrected chi connectivity index (χ4v) is 4.53. The number of rotatable bonds is 7. The normalized spacial score (nSPS) is 14.4. The number of anilines is 1. The number of sulfone groups is 1. The Kier molecular flexibility index (Phi) is 6.24. The van der Waals surface area contributed by atoms with Crippen molar-refractivity contribution in [2.45, 2.75) is 36.7 Å². The lowest BCUT2D eigenvalue weighted by molar-refractivity contribution is 0.102. The summed E-state index contributed by atoms with van der Waals surface area (Å²) in [4.78, 5) is 17.0. The molecule has 0 radical (unpaired) electrons. The van der Waals surface area contributed by atoms with Crippen molar-refractivity contribution in [1.82, 2.24) is 4.98 Å². The lowest BCUT2D eigenvalue weighted by Gasteiger charge is -2.16. The Hall–Kier alpha value is -2.91. The number of aromatic nitrogens is 1. The van der Waals surface area contributed by atoms with E-state index in [0.717, 1.165) is 31.9 Å². The van der Waals surface area contributed by atoms with Crippen molar-refractivity contribution in [3.8, 4) is 17.2 Å². The quantitative estimate of drug-likeness (QED) is 0.540. The van der Waals surface area contributed by atoms with Crippen molar-refractivity contribution in [2.24, 2.45) is 0 Å². The Morgan fingerprint density at radius 3 is 2.42 bits per heavy atom. The Morgan fingerprint density at radius 1 is 1.06 bits per heavy atom. The number of nitrogens with one attached hydrogen (secondary N) is 1. The second-order valence-corrected chi connectivity index (χ2v) is 10.3. The van der Waals surface area contributed by atoms with E-state index >= 15 is 0 Å². The average Bonchev–Trinajstić information content (AvgIpc) is 3.42. The van der Waals surface area contributed by atoms with Crippen molar-refractivity contribution >= 4 is 32.2 Å². The minimum Gasteiger partial charge on any atom is -0.490 e. The summed E-state index contributed by atoms with van der Waals surface area (Å²) in [5.74, 6) is 1.12. The zero-order valence-electron chi connectivity index (χ0n) is 16.9. The Morgan fingerprint density at radius 2 is 1.77 bits per heavy atom. The number of hydrogen-bond donors (Lipinski definition) is 1. The third-order valence-corrected chi connectivity index (χ3v) is 6.70. The van der Waals surface area contributed by atoms with E-state index in [1.807, 2.05) is 0 Å². The van der Waals surface area contributed by atoms with Gasteiger partial charge in [0.15, 0.2) is 15.0 Å². The van der Waals surface area contributed by atoms with Crippen LogP contribution in [0.2, 0.25) is 0 Å². The van der Waals surface area contributed by atoms with Gasteiger partial charge in [0.2, 0.25) is 0 Å². The molecule has 0 aliphatic heterocycles. The summed E-state index contributed by atoms with van der Waals surface area (Å²) in [5.41, 5.74) is 0.383. The van der Waals surface area contributed by atoms with Crippen LogP contribution in [0, 0.1) is 0 Å². The van der Waals surface area contributed by atoms with Crippen LogP contribution in [0.5, 0.6) is 17.2 Å². The molecule has 4 rings (SSSR count). The minimum atomic E-state index is -3.29. The largest absolute Gasteiger partial charge is 0.490 e. The average molecular weight is 459 g/mol. The molecule has 1 fully saturated rings. The van der Waals surface area contributed by atoms with Crippen LogP contribution in [0.15, 0.2) is 58.9 Å². The molecule has 31 heavy (non-hydrogen) atoms. The highest BCUT2D eigenvalue weighted by Gasteiger charge is 2.19. The highest BCUT2D eigenvalue weighted by Crippen LogP contribution is 2.31. The first-order valence-corrected chi connectivity index (χ1v) is 12.6. The topological polar surface area (TPSA) is 94.6 Å². The van der Waals surface area contributed by atoms with Crippen LogP contribution < -0.4 is 14.8 Å². The molecule has 3 aromatic rings. The van der Waals surface area contributed by atoms with Gasteiger partial charge in [-0.25, -0.2) is 13.4 Å². The Bertz CT molecular complexity index is 1150. The summed E-state index contributed by atoms with van der Waals surface area (Å²) >= 11 is 1.33. The molecule has 2 aromatic carbocycles. The number of thiazole rings is 1. The van der Waals surface area contributed by atoms with Gasteiger partial charge in [-0.05, 0) is 62.1 Å². The van der Waals surface area contributed by atoms with Crippen molar-refractivity contribution in [3.63, 3.8) is 0 Å². The second kappa shape index (κ2) is 9.07. The molecule has 0 saturated heterocycles. The van der Waals surface area contributed by atoms with Crippen molar-refractivity contribution in [1.29, 1.82) is 0 Å². The first-order valence-electron chi connectivity index (χ1n) is 9.87. The van der Waals surface area contributed by atoms with Crippen LogP contribution in [0.25, 0.3) is 0 Å². The third-order valence-electron chi connectivity index (χ3n) is 4.89. The predicted octanol–water partition coefficient (Wildman–Crippen LogP) is 4.91. The maximum absolute atomic E-state index is 12.7. The van der Waals surface area contributed by atoms with E-state index in [1.54, 1.807) is 41.9 Å². The molecular formula is C22H22N2O5S2. The van der Waals surface area contributed by atoms with E-state index in [-0.39, 0.29) is 16.9 Å². The van der Waals surface area contributed by atoms with Crippen molar-refractivity contribution in [3.05, 3.63) is 59.6 Å². The molecule has 0 atom stereocenters. The zero-order valence-corrected chi connectivity index (χ0v) is 18.5. The molecule has 0 spiro atoms. The van der Waals surface area contributed by atoms with Gasteiger partial charge < -0.3 is 9.47 Å². The molecule has 1 amide bonds. The van der Waals surface area contributed by atoms with Crippen molar-refractivity contribution < 1.29 is 22.7 Å². The van der Waals surface area contributed by atoms with Gasteiger partial charge in [-0.3, -0.25) is 10.1 Å². The number of hydrogen-bond acceptors (Lipinski definition) is 7. The van der Waals surface area contributed by atoms with Crippen LogP contribution in [-0.4, -0.2) is 31.7 Å². The molecule has 162 valence electrons. The molecule has 1 N–H and O–H groups in total. The maximum atomic E-state index is 12.7. The standard InChI is InChI=1S/C22H22N2O5S2/c1-31(26,27)20-8-6-17(7-9-20)29-19-13-15(21(25)24-22-23-10-11-30-22)12-18(14-19)28-16-4-2-3-5-16/h6-14,16H,2-5H2,1H3,(H,23,24,25). The summed E-state index contributed by atoms with van der Waals surface area (Å²) in [5, 5.41) is 5.05. The highest BCUT2D eigenvalue weighted by atomic mass is 32.2. The smallest absolute Gasteiger partial charge is 0.257 e. The van der Waals surface area contributed by atoms with Gasteiger partial charge in [0.1, 0.15) is 17.2 Å². The molecule has 7 nitrogen and oxygen atoms in total. The maximum Gasteiger partial charge on any atom is 0.257 e. The predicted molar refractivity (Wildman–Crippen MR) is 119 cm³/mol. The van der Waals surface area contributed by atoms with Gasteiger partial charge in [-0.2, -0.15) is 0 Å². The molecule has 1 aliphatic carbocycles. The minimum absolute atomic E-state index is 0.124. The highest BCUT2D eigenvalue weighted by molar-refractivity contribution is 7.90. The molecule has 1 aliphatic rings.